The predicted octanol–water partition coefficient (Wildman–Crippen LogP) is 4.24. The van der Waals surface area contributed by atoms with Gasteiger partial charge in [0, 0.05) is 18.1 Å². The fraction of sp³-hybridized carbons (Fsp3) is 0.471. The Morgan fingerprint density at radius 2 is 2.05 bits per heavy atom. The summed E-state index contributed by atoms with van der Waals surface area (Å²) < 4.78 is 5.32. The van der Waals surface area contributed by atoms with E-state index in [1.807, 2.05) is 18.3 Å². The van der Waals surface area contributed by atoms with Crippen LogP contribution < -0.4 is 10.1 Å². The number of fused-ring (bicyclic) bond motifs is 1. The van der Waals surface area contributed by atoms with Crippen LogP contribution in [-0.2, 0) is 0 Å². The molecule has 0 saturated heterocycles. The lowest BCUT2D eigenvalue weighted by atomic mass is 9.89. The molecule has 1 aliphatic carbocycles. The van der Waals surface area contributed by atoms with E-state index in [0.717, 1.165) is 23.5 Å². The van der Waals surface area contributed by atoms with Gasteiger partial charge in [-0.3, -0.25) is 0 Å². The first-order valence-corrected chi connectivity index (χ1v) is 7.37. The molecular weight excluding hydrogens is 248 g/mol. The summed E-state index contributed by atoms with van der Waals surface area (Å²) >= 11 is 0. The van der Waals surface area contributed by atoms with E-state index in [2.05, 4.69) is 29.4 Å². The van der Waals surface area contributed by atoms with E-state index in [1.165, 1.54) is 31.1 Å². The smallest absolute Gasteiger partial charge is 0.133 e. The van der Waals surface area contributed by atoms with Crippen LogP contribution in [-0.4, -0.2) is 18.6 Å². The predicted molar refractivity (Wildman–Crippen MR) is 83.4 cm³/mol. The van der Waals surface area contributed by atoms with Crippen LogP contribution in [0.5, 0.6) is 5.75 Å². The van der Waals surface area contributed by atoms with Crippen molar-refractivity contribution in [3.63, 3.8) is 0 Å². The van der Waals surface area contributed by atoms with Crippen molar-refractivity contribution in [2.24, 2.45) is 5.41 Å². The van der Waals surface area contributed by atoms with E-state index in [-0.39, 0.29) is 0 Å². The van der Waals surface area contributed by atoms with Crippen molar-refractivity contribution in [1.29, 1.82) is 0 Å². The van der Waals surface area contributed by atoms with E-state index >= 15 is 0 Å². The number of methoxy groups -OCH3 is 1. The summed E-state index contributed by atoms with van der Waals surface area (Å²) in [6.45, 7) is 3.37. The highest BCUT2D eigenvalue weighted by Gasteiger charge is 2.28. The minimum atomic E-state index is 0.419. The molecule has 3 nitrogen and oxygen atoms in total. The first kappa shape index (κ1) is 13.2. The lowest BCUT2D eigenvalue weighted by Crippen LogP contribution is -2.23. The first-order chi connectivity index (χ1) is 9.70. The highest BCUT2D eigenvalue weighted by molar-refractivity contribution is 5.92. The van der Waals surface area contributed by atoms with Gasteiger partial charge in [0.15, 0.2) is 0 Å². The number of anilines is 1. The maximum atomic E-state index is 5.32. The van der Waals surface area contributed by atoms with Crippen molar-refractivity contribution in [2.75, 3.05) is 19.0 Å². The zero-order valence-corrected chi connectivity index (χ0v) is 12.3. The highest BCUT2D eigenvalue weighted by Crippen LogP contribution is 2.37. The molecule has 106 valence electrons. The monoisotopic (exact) mass is 270 g/mol. The van der Waals surface area contributed by atoms with Gasteiger partial charge in [-0.15, -0.1) is 0 Å². The molecule has 1 aliphatic rings. The number of nitrogens with one attached hydrogen (secondary N) is 1. The Kier molecular flexibility index (Phi) is 3.51. The molecule has 3 heteroatoms. The van der Waals surface area contributed by atoms with Crippen LogP contribution in [0.4, 0.5) is 5.82 Å². The zero-order valence-electron chi connectivity index (χ0n) is 12.3. The molecule has 1 saturated carbocycles. The molecule has 1 fully saturated rings. The molecule has 0 amide bonds. The second-order valence-corrected chi connectivity index (χ2v) is 6.12. The number of rotatable bonds is 4. The third-order valence-corrected chi connectivity index (χ3v) is 4.47. The quantitative estimate of drug-likeness (QED) is 0.902. The Bertz CT molecular complexity index is 603. The molecule has 2 aromatic rings. The third-order valence-electron chi connectivity index (χ3n) is 4.47. The van der Waals surface area contributed by atoms with Gasteiger partial charge >= 0.3 is 0 Å². The van der Waals surface area contributed by atoms with Crippen LogP contribution in [0, 0.1) is 5.41 Å². The number of pyridine rings is 1. The van der Waals surface area contributed by atoms with Gasteiger partial charge in [0.05, 0.1) is 7.11 Å². The topological polar surface area (TPSA) is 34.1 Å². The summed E-state index contributed by atoms with van der Waals surface area (Å²) in [5.74, 6) is 1.84. The van der Waals surface area contributed by atoms with Gasteiger partial charge < -0.3 is 10.1 Å². The Morgan fingerprint density at radius 3 is 2.80 bits per heavy atom. The standard InChI is InChI=1S/C17H22N2O/c1-17(8-3-4-9-17)12-19-16-15-11-14(20-2)6-5-13(15)7-10-18-16/h5-7,10-11H,3-4,8-9,12H2,1-2H3,(H,18,19). The van der Waals surface area contributed by atoms with Crippen molar-refractivity contribution >= 4 is 16.6 Å². The number of hydrogen-bond acceptors (Lipinski definition) is 3. The summed E-state index contributed by atoms with van der Waals surface area (Å²) in [6.07, 6.45) is 7.21. The summed E-state index contributed by atoms with van der Waals surface area (Å²) in [7, 11) is 1.70. The first-order valence-electron chi connectivity index (χ1n) is 7.37. The van der Waals surface area contributed by atoms with Crippen LogP contribution in [0.1, 0.15) is 32.6 Å². The largest absolute Gasteiger partial charge is 0.497 e. The molecule has 20 heavy (non-hydrogen) atoms. The van der Waals surface area contributed by atoms with Crippen molar-refractivity contribution in [3.05, 3.63) is 30.5 Å². The van der Waals surface area contributed by atoms with Gasteiger partial charge in [-0.25, -0.2) is 4.98 Å². The van der Waals surface area contributed by atoms with Gasteiger partial charge in [0.1, 0.15) is 11.6 Å². The fourth-order valence-electron chi connectivity index (χ4n) is 3.12. The second kappa shape index (κ2) is 5.31. The van der Waals surface area contributed by atoms with Gasteiger partial charge in [-0.1, -0.05) is 25.8 Å². The molecule has 0 atom stereocenters. The van der Waals surface area contributed by atoms with Crippen LogP contribution in [0.25, 0.3) is 10.8 Å². The average Bonchev–Trinajstić information content (AvgIpc) is 2.91. The summed E-state index contributed by atoms with van der Waals surface area (Å²) in [6, 6.07) is 8.17. The molecule has 1 heterocycles. The molecule has 3 rings (SSSR count). The minimum absolute atomic E-state index is 0.419. The Morgan fingerprint density at radius 1 is 1.25 bits per heavy atom. The molecule has 0 bridgehead atoms. The van der Waals surface area contributed by atoms with Crippen LogP contribution in [0.15, 0.2) is 30.5 Å². The van der Waals surface area contributed by atoms with Crippen LogP contribution in [0.3, 0.4) is 0 Å². The molecule has 0 radical (unpaired) electrons. The fourth-order valence-corrected chi connectivity index (χ4v) is 3.12. The van der Waals surface area contributed by atoms with Gasteiger partial charge in [0.2, 0.25) is 0 Å². The molecule has 0 aliphatic heterocycles. The third kappa shape index (κ3) is 2.58. The highest BCUT2D eigenvalue weighted by atomic mass is 16.5. The average molecular weight is 270 g/mol. The normalized spacial score (nSPS) is 17.3. The number of nitrogens with zero attached hydrogens (tertiary/aromatic N) is 1. The second-order valence-electron chi connectivity index (χ2n) is 6.12. The Labute approximate surface area is 120 Å². The molecule has 1 aromatic heterocycles. The molecular formula is C17H22N2O. The van der Waals surface area contributed by atoms with Crippen LogP contribution in [0.2, 0.25) is 0 Å². The van der Waals surface area contributed by atoms with Gasteiger partial charge in [-0.05, 0) is 41.8 Å². The lowest BCUT2D eigenvalue weighted by molar-refractivity contribution is 0.362. The number of hydrogen-bond donors (Lipinski definition) is 1. The molecule has 0 spiro atoms. The Balaban J connectivity index is 1.86. The SMILES string of the molecule is COc1ccc2ccnc(NCC3(C)CCCC3)c2c1. The zero-order chi connectivity index (χ0) is 14.0. The molecule has 0 unspecified atom stereocenters. The molecule has 1 aromatic carbocycles. The summed E-state index contributed by atoms with van der Waals surface area (Å²) in [5, 5.41) is 5.88. The minimum Gasteiger partial charge on any atom is -0.497 e. The van der Waals surface area contributed by atoms with E-state index in [4.69, 9.17) is 4.74 Å². The number of benzene rings is 1. The Hall–Kier alpha value is -1.77. The van der Waals surface area contributed by atoms with Crippen LogP contribution >= 0.6 is 0 Å². The van der Waals surface area contributed by atoms with Crippen molar-refractivity contribution in [2.45, 2.75) is 32.6 Å². The van der Waals surface area contributed by atoms with Crippen molar-refractivity contribution in [3.8, 4) is 5.75 Å². The number of ether oxygens (including phenoxy) is 1. The maximum Gasteiger partial charge on any atom is 0.133 e. The van der Waals surface area contributed by atoms with Crippen molar-refractivity contribution < 1.29 is 4.74 Å². The van der Waals surface area contributed by atoms with E-state index in [9.17, 15) is 0 Å². The van der Waals surface area contributed by atoms with Crippen molar-refractivity contribution in [1.82, 2.24) is 4.98 Å². The number of aromatic nitrogens is 1. The van der Waals surface area contributed by atoms with Gasteiger partial charge in [0.25, 0.3) is 0 Å². The lowest BCUT2D eigenvalue weighted by Gasteiger charge is -2.24. The van der Waals surface area contributed by atoms with E-state index in [0.29, 0.717) is 5.41 Å². The van der Waals surface area contributed by atoms with Gasteiger partial charge in [-0.2, -0.15) is 0 Å². The maximum absolute atomic E-state index is 5.32. The summed E-state index contributed by atoms with van der Waals surface area (Å²) in [5.41, 5.74) is 0.419. The van der Waals surface area contributed by atoms with E-state index in [1.54, 1.807) is 7.11 Å². The van der Waals surface area contributed by atoms with E-state index < -0.39 is 0 Å². The summed E-state index contributed by atoms with van der Waals surface area (Å²) in [4.78, 5) is 4.51. The molecule has 1 N–H and O–H groups in total.